The maximum Gasteiger partial charge on any atom is 0.338 e. The number of ether oxygens (including phenoxy) is 1. The molecule has 2 aliphatic heterocycles. The van der Waals surface area contributed by atoms with Gasteiger partial charge in [0.1, 0.15) is 6.61 Å². The van der Waals surface area contributed by atoms with Gasteiger partial charge in [-0.25, -0.2) is 9.79 Å². The van der Waals surface area contributed by atoms with Crippen molar-refractivity contribution in [2.24, 2.45) is 4.99 Å². The lowest BCUT2D eigenvalue weighted by Crippen LogP contribution is -2.40. The first-order chi connectivity index (χ1) is 14.0. The first kappa shape index (κ1) is 19.7. The molecule has 5 nitrogen and oxygen atoms in total. The van der Waals surface area contributed by atoms with Gasteiger partial charge in [-0.05, 0) is 37.1 Å². The summed E-state index contributed by atoms with van der Waals surface area (Å²) in [7, 11) is 0. The van der Waals surface area contributed by atoms with E-state index in [2.05, 4.69) is 4.99 Å². The van der Waals surface area contributed by atoms with E-state index in [0.29, 0.717) is 21.5 Å². The molecule has 0 saturated carbocycles. The van der Waals surface area contributed by atoms with Crippen molar-refractivity contribution in [3.63, 3.8) is 0 Å². The minimum Gasteiger partial charge on any atom is -0.457 e. The van der Waals surface area contributed by atoms with Crippen molar-refractivity contribution in [2.75, 3.05) is 0 Å². The van der Waals surface area contributed by atoms with Crippen LogP contribution in [0.15, 0.2) is 70.9 Å². The van der Waals surface area contributed by atoms with E-state index in [1.165, 1.54) is 11.8 Å². The average molecular weight is 427 g/mol. The van der Waals surface area contributed by atoms with Crippen molar-refractivity contribution in [2.45, 2.75) is 31.7 Å². The Hall–Kier alpha value is -2.57. The fraction of sp³-hybridized carbons (Fsp3) is 0.227. The molecule has 0 bridgehead atoms. The molecular formula is C22H19ClN2O3S. The fourth-order valence-corrected chi connectivity index (χ4v) is 4.68. The van der Waals surface area contributed by atoms with Crippen molar-refractivity contribution >= 4 is 40.4 Å². The molecule has 2 atom stereocenters. The van der Waals surface area contributed by atoms with E-state index in [0.717, 1.165) is 11.1 Å². The summed E-state index contributed by atoms with van der Waals surface area (Å²) >= 11 is 7.60. The van der Waals surface area contributed by atoms with E-state index in [4.69, 9.17) is 16.3 Å². The summed E-state index contributed by atoms with van der Waals surface area (Å²) in [5.74, 6) is -0.573. The fourth-order valence-electron chi connectivity index (χ4n) is 3.46. The average Bonchev–Trinajstić information content (AvgIpc) is 2.99. The van der Waals surface area contributed by atoms with Gasteiger partial charge in [-0.2, -0.15) is 0 Å². The number of aliphatic imine (C=N–C) groups is 1. The molecule has 1 fully saturated rings. The summed E-state index contributed by atoms with van der Waals surface area (Å²) in [5.41, 5.74) is 2.54. The number of thioether (sulfide) groups is 1. The number of amidine groups is 1. The second-order valence-corrected chi connectivity index (χ2v) is 8.63. The molecule has 2 aromatic carbocycles. The maximum atomic E-state index is 13.1. The van der Waals surface area contributed by atoms with Crippen LogP contribution in [0.5, 0.6) is 0 Å². The van der Waals surface area contributed by atoms with Crippen LogP contribution in [0.2, 0.25) is 5.02 Å². The van der Waals surface area contributed by atoms with Crippen molar-refractivity contribution < 1.29 is 14.3 Å². The summed E-state index contributed by atoms with van der Waals surface area (Å²) < 4.78 is 5.59. The normalized spacial score (nSPS) is 21.1. The van der Waals surface area contributed by atoms with Crippen LogP contribution in [0.25, 0.3) is 0 Å². The monoisotopic (exact) mass is 426 g/mol. The number of amides is 1. The Bertz CT molecular complexity index is 1040. The van der Waals surface area contributed by atoms with Crippen LogP contribution in [0, 0.1) is 0 Å². The number of esters is 1. The third-order valence-corrected chi connectivity index (χ3v) is 6.14. The van der Waals surface area contributed by atoms with Gasteiger partial charge in [0.05, 0.1) is 22.6 Å². The highest BCUT2D eigenvalue weighted by Gasteiger charge is 2.46. The van der Waals surface area contributed by atoms with Crippen LogP contribution in [0.3, 0.4) is 0 Å². The number of benzene rings is 2. The minimum absolute atomic E-state index is 0.0837. The molecule has 2 heterocycles. The predicted octanol–water partition coefficient (Wildman–Crippen LogP) is 4.73. The summed E-state index contributed by atoms with van der Waals surface area (Å²) in [4.78, 5) is 32.1. The van der Waals surface area contributed by atoms with Gasteiger partial charge in [0.25, 0.3) is 0 Å². The third-order valence-electron chi connectivity index (χ3n) is 4.86. The highest BCUT2D eigenvalue weighted by atomic mass is 35.5. The van der Waals surface area contributed by atoms with Crippen LogP contribution >= 0.6 is 23.4 Å². The van der Waals surface area contributed by atoms with Crippen LogP contribution in [0.1, 0.15) is 31.0 Å². The van der Waals surface area contributed by atoms with Gasteiger partial charge >= 0.3 is 5.97 Å². The van der Waals surface area contributed by atoms with E-state index in [9.17, 15) is 9.59 Å². The largest absolute Gasteiger partial charge is 0.457 e. The van der Waals surface area contributed by atoms with E-state index in [1.807, 2.05) is 49.4 Å². The number of rotatable bonds is 4. The van der Waals surface area contributed by atoms with E-state index >= 15 is 0 Å². The minimum atomic E-state index is -0.616. The van der Waals surface area contributed by atoms with Crippen molar-refractivity contribution in [3.05, 3.63) is 82.0 Å². The van der Waals surface area contributed by atoms with E-state index in [1.54, 1.807) is 24.0 Å². The topological polar surface area (TPSA) is 59.0 Å². The molecule has 2 aliphatic rings. The number of fused-ring (bicyclic) bond motifs is 1. The molecule has 29 heavy (non-hydrogen) atoms. The van der Waals surface area contributed by atoms with Gasteiger partial charge < -0.3 is 4.74 Å². The predicted molar refractivity (Wildman–Crippen MR) is 114 cm³/mol. The number of hydrogen-bond donors (Lipinski definition) is 0. The number of carbonyl (C=O) groups is 2. The molecule has 0 spiro atoms. The lowest BCUT2D eigenvalue weighted by molar-refractivity contribution is -0.141. The molecule has 2 unspecified atom stereocenters. The summed E-state index contributed by atoms with van der Waals surface area (Å²) in [6, 6.07) is 16.1. The van der Waals surface area contributed by atoms with Gasteiger partial charge in [-0.1, -0.05) is 65.8 Å². The van der Waals surface area contributed by atoms with Gasteiger partial charge in [0, 0.05) is 5.02 Å². The number of halogens is 1. The SMILES string of the molecule is CC1=C(C(=O)OCc2ccccc2)C(c2cccc(Cl)c2)N2C(=O)C(C)SC2=N1. The highest BCUT2D eigenvalue weighted by Crippen LogP contribution is 2.43. The number of carbonyl (C=O) groups excluding carboxylic acids is 2. The van der Waals surface area contributed by atoms with Crippen LogP contribution in [-0.2, 0) is 20.9 Å². The molecule has 1 saturated heterocycles. The van der Waals surface area contributed by atoms with Gasteiger partial charge in [0.15, 0.2) is 5.17 Å². The number of hydrogen-bond acceptors (Lipinski definition) is 5. The Morgan fingerprint density at radius 2 is 1.97 bits per heavy atom. The summed E-state index contributed by atoms with van der Waals surface area (Å²) in [5, 5.41) is 0.876. The van der Waals surface area contributed by atoms with Crippen molar-refractivity contribution in [3.8, 4) is 0 Å². The van der Waals surface area contributed by atoms with Gasteiger partial charge in [-0.15, -0.1) is 0 Å². The molecule has 1 amide bonds. The Morgan fingerprint density at radius 1 is 1.21 bits per heavy atom. The van der Waals surface area contributed by atoms with Crippen molar-refractivity contribution in [1.82, 2.24) is 4.90 Å². The van der Waals surface area contributed by atoms with E-state index < -0.39 is 12.0 Å². The first-order valence-corrected chi connectivity index (χ1v) is 10.5. The lowest BCUT2D eigenvalue weighted by atomic mass is 9.94. The molecule has 7 heteroatoms. The number of nitrogens with zero attached hydrogens (tertiary/aromatic N) is 2. The zero-order valence-corrected chi connectivity index (χ0v) is 17.5. The Morgan fingerprint density at radius 3 is 2.69 bits per heavy atom. The molecule has 0 radical (unpaired) electrons. The first-order valence-electron chi connectivity index (χ1n) is 9.21. The second kappa shape index (κ2) is 8.05. The third kappa shape index (κ3) is 3.82. The molecule has 4 rings (SSSR count). The van der Waals surface area contributed by atoms with Crippen LogP contribution in [0.4, 0.5) is 0 Å². The van der Waals surface area contributed by atoms with E-state index in [-0.39, 0.29) is 17.8 Å². The highest BCUT2D eigenvalue weighted by molar-refractivity contribution is 8.15. The van der Waals surface area contributed by atoms with Crippen LogP contribution < -0.4 is 0 Å². The molecule has 2 aromatic rings. The Balaban J connectivity index is 1.72. The molecule has 148 valence electrons. The summed E-state index contributed by atoms with van der Waals surface area (Å²) in [6.07, 6.45) is 0. The Labute approximate surface area is 178 Å². The zero-order chi connectivity index (χ0) is 20.5. The molecular weight excluding hydrogens is 408 g/mol. The quantitative estimate of drug-likeness (QED) is 0.663. The standard InChI is InChI=1S/C22H19ClN2O3S/c1-13-18(21(27)28-12-15-7-4-3-5-8-15)19(16-9-6-10-17(23)11-16)25-20(26)14(2)29-22(25)24-13/h3-11,14,19H,12H2,1-2H3. The maximum absolute atomic E-state index is 13.1. The van der Waals surface area contributed by atoms with Gasteiger partial charge in [-0.3, -0.25) is 9.69 Å². The Kier molecular flexibility index (Phi) is 5.48. The zero-order valence-electron chi connectivity index (χ0n) is 16.0. The molecule has 0 N–H and O–H groups in total. The van der Waals surface area contributed by atoms with Gasteiger partial charge in [0.2, 0.25) is 5.91 Å². The molecule has 0 aromatic heterocycles. The summed E-state index contributed by atoms with van der Waals surface area (Å²) in [6.45, 7) is 3.76. The van der Waals surface area contributed by atoms with Crippen LogP contribution in [-0.4, -0.2) is 27.2 Å². The number of allylic oxidation sites excluding steroid dienone is 1. The molecule has 0 aliphatic carbocycles. The second-order valence-electron chi connectivity index (χ2n) is 6.88. The lowest BCUT2D eigenvalue weighted by Gasteiger charge is -2.33. The van der Waals surface area contributed by atoms with Crippen molar-refractivity contribution in [1.29, 1.82) is 0 Å². The smallest absolute Gasteiger partial charge is 0.338 e.